The molecule has 0 saturated heterocycles. The van der Waals surface area contributed by atoms with Crippen molar-refractivity contribution in [2.45, 2.75) is 19.9 Å². The molecule has 1 aromatic carbocycles. The fourth-order valence-electron chi connectivity index (χ4n) is 2.33. The van der Waals surface area contributed by atoms with Crippen molar-refractivity contribution in [3.63, 3.8) is 0 Å². The topological polar surface area (TPSA) is 33.7 Å². The molecule has 4 nitrogen and oxygen atoms in total. The lowest BCUT2D eigenvalue weighted by atomic mass is 10.0. The lowest BCUT2D eigenvalue weighted by Gasteiger charge is -2.27. The van der Waals surface area contributed by atoms with E-state index in [4.69, 9.17) is 9.47 Å². The highest BCUT2D eigenvalue weighted by Gasteiger charge is 2.17. The van der Waals surface area contributed by atoms with E-state index in [2.05, 4.69) is 36.2 Å². The second-order valence-corrected chi connectivity index (χ2v) is 4.97. The van der Waals surface area contributed by atoms with Gasteiger partial charge in [0.2, 0.25) is 0 Å². The molecular formula is C16H28N2O2. The molecule has 114 valence electrons. The molecule has 1 atom stereocenters. The summed E-state index contributed by atoms with van der Waals surface area (Å²) in [6, 6.07) is 6.57. The summed E-state index contributed by atoms with van der Waals surface area (Å²) >= 11 is 0. The van der Waals surface area contributed by atoms with E-state index in [1.807, 2.05) is 13.1 Å². The van der Waals surface area contributed by atoms with Crippen LogP contribution in [0.15, 0.2) is 18.2 Å². The van der Waals surface area contributed by atoms with Gasteiger partial charge in [-0.15, -0.1) is 0 Å². The lowest BCUT2D eigenvalue weighted by Crippen LogP contribution is -2.36. The van der Waals surface area contributed by atoms with Gasteiger partial charge < -0.3 is 14.8 Å². The van der Waals surface area contributed by atoms with Crippen molar-refractivity contribution in [1.29, 1.82) is 0 Å². The fraction of sp³-hybridized carbons (Fsp3) is 0.625. The van der Waals surface area contributed by atoms with Crippen molar-refractivity contribution in [3.05, 3.63) is 29.3 Å². The Morgan fingerprint density at radius 1 is 1.30 bits per heavy atom. The van der Waals surface area contributed by atoms with Gasteiger partial charge in [0.25, 0.3) is 0 Å². The Kier molecular flexibility index (Phi) is 7.59. The monoisotopic (exact) mass is 280 g/mol. The molecule has 0 amide bonds. The zero-order valence-corrected chi connectivity index (χ0v) is 13.4. The standard InChI is InChI=1S/C16H28N2O2/c1-6-18(9-10-19-4)12-15(17-3)14-11-13(2)7-8-16(14)20-5/h7-8,11,15,17H,6,9-10,12H2,1-5H3. The van der Waals surface area contributed by atoms with Crippen LogP contribution in [0.3, 0.4) is 0 Å². The van der Waals surface area contributed by atoms with Crippen molar-refractivity contribution in [1.82, 2.24) is 10.2 Å². The number of likely N-dealkylation sites (N-methyl/N-ethyl adjacent to an activating group) is 2. The predicted octanol–water partition coefficient (Wildman–Crippen LogP) is 2.23. The smallest absolute Gasteiger partial charge is 0.123 e. The molecule has 0 heterocycles. The predicted molar refractivity (Wildman–Crippen MR) is 83.5 cm³/mol. The highest BCUT2D eigenvalue weighted by molar-refractivity contribution is 5.39. The summed E-state index contributed by atoms with van der Waals surface area (Å²) in [5.41, 5.74) is 2.46. The van der Waals surface area contributed by atoms with Crippen molar-refractivity contribution < 1.29 is 9.47 Å². The van der Waals surface area contributed by atoms with Crippen LogP contribution in [0, 0.1) is 6.92 Å². The largest absolute Gasteiger partial charge is 0.496 e. The molecule has 1 unspecified atom stereocenters. The van der Waals surface area contributed by atoms with E-state index in [0.717, 1.165) is 32.0 Å². The lowest BCUT2D eigenvalue weighted by molar-refractivity contribution is 0.144. The second-order valence-electron chi connectivity index (χ2n) is 4.97. The minimum Gasteiger partial charge on any atom is -0.496 e. The van der Waals surface area contributed by atoms with Crippen molar-refractivity contribution >= 4 is 0 Å². The fourth-order valence-corrected chi connectivity index (χ4v) is 2.33. The summed E-state index contributed by atoms with van der Waals surface area (Å²) in [6.07, 6.45) is 0. The first-order valence-corrected chi connectivity index (χ1v) is 7.19. The second kappa shape index (κ2) is 8.95. The molecule has 0 aliphatic rings. The summed E-state index contributed by atoms with van der Waals surface area (Å²) in [7, 11) is 5.47. The molecule has 1 N–H and O–H groups in total. The van der Waals surface area contributed by atoms with Crippen LogP contribution >= 0.6 is 0 Å². The van der Waals surface area contributed by atoms with Crippen LogP contribution in [0.2, 0.25) is 0 Å². The van der Waals surface area contributed by atoms with Crippen LogP contribution in [0.5, 0.6) is 5.75 Å². The van der Waals surface area contributed by atoms with Gasteiger partial charge in [0, 0.05) is 31.8 Å². The van der Waals surface area contributed by atoms with Gasteiger partial charge in [-0.1, -0.05) is 24.6 Å². The van der Waals surface area contributed by atoms with Crippen LogP contribution in [0.1, 0.15) is 24.1 Å². The number of ether oxygens (including phenoxy) is 2. The number of benzene rings is 1. The number of hydrogen-bond donors (Lipinski definition) is 1. The van der Waals surface area contributed by atoms with Gasteiger partial charge in [0.05, 0.1) is 13.7 Å². The van der Waals surface area contributed by atoms with E-state index < -0.39 is 0 Å². The Morgan fingerprint density at radius 2 is 2.05 bits per heavy atom. The summed E-state index contributed by atoms with van der Waals surface area (Å²) in [5, 5.41) is 3.40. The first kappa shape index (κ1) is 17.0. The number of rotatable bonds is 9. The number of nitrogens with zero attached hydrogens (tertiary/aromatic N) is 1. The van der Waals surface area contributed by atoms with Gasteiger partial charge in [-0.05, 0) is 26.6 Å². The van der Waals surface area contributed by atoms with E-state index in [9.17, 15) is 0 Å². The Balaban J connectivity index is 2.86. The minimum atomic E-state index is 0.252. The molecule has 0 saturated carbocycles. The van der Waals surface area contributed by atoms with E-state index in [0.29, 0.717) is 0 Å². The van der Waals surface area contributed by atoms with E-state index in [1.54, 1.807) is 14.2 Å². The van der Waals surface area contributed by atoms with E-state index >= 15 is 0 Å². The number of aryl methyl sites for hydroxylation is 1. The van der Waals surface area contributed by atoms with Gasteiger partial charge >= 0.3 is 0 Å². The maximum atomic E-state index is 5.50. The average molecular weight is 280 g/mol. The zero-order valence-electron chi connectivity index (χ0n) is 13.4. The molecule has 0 aliphatic carbocycles. The van der Waals surface area contributed by atoms with Crippen LogP contribution in [0.25, 0.3) is 0 Å². The van der Waals surface area contributed by atoms with Crippen molar-refractivity contribution in [2.75, 3.05) is 47.5 Å². The van der Waals surface area contributed by atoms with Crippen molar-refractivity contribution in [3.8, 4) is 5.75 Å². The maximum Gasteiger partial charge on any atom is 0.123 e. The first-order valence-electron chi connectivity index (χ1n) is 7.19. The Hall–Kier alpha value is -1.10. The molecule has 4 heteroatoms. The third-order valence-electron chi connectivity index (χ3n) is 3.61. The van der Waals surface area contributed by atoms with E-state index in [1.165, 1.54) is 11.1 Å². The molecule has 1 aromatic rings. The van der Waals surface area contributed by atoms with Gasteiger partial charge in [-0.3, -0.25) is 4.90 Å². The Bertz CT molecular complexity index is 396. The Labute approximate surface area is 123 Å². The number of hydrogen-bond acceptors (Lipinski definition) is 4. The maximum absolute atomic E-state index is 5.50. The molecule has 20 heavy (non-hydrogen) atoms. The SMILES string of the molecule is CCN(CCOC)CC(NC)c1cc(C)ccc1OC. The average Bonchev–Trinajstić information content (AvgIpc) is 2.47. The quantitative estimate of drug-likeness (QED) is 0.752. The molecule has 0 aliphatic heterocycles. The highest BCUT2D eigenvalue weighted by atomic mass is 16.5. The number of methoxy groups -OCH3 is 2. The Morgan fingerprint density at radius 3 is 2.60 bits per heavy atom. The molecular weight excluding hydrogens is 252 g/mol. The summed E-state index contributed by atoms with van der Waals surface area (Å²) in [5.74, 6) is 0.942. The van der Waals surface area contributed by atoms with Gasteiger partial charge in [-0.25, -0.2) is 0 Å². The molecule has 0 fully saturated rings. The van der Waals surface area contributed by atoms with E-state index in [-0.39, 0.29) is 6.04 Å². The third kappa shape index (κ3) is 4.78. The summed E-state index contributed by atoms with van der Waals surface area (Å²) < 4.78 is 10.7. The van der Waals surface area contributed by atoms with Crippen LogP contribution in [-0.2, 0) is 4.74 Å². The van der Waals surface area contributed by atoms with Gasteiger partial charge in [-0.2, -0.15) is 0 Å². The number of nitrogens with one attached hydrogen (secondary N) is 1. The minimum absolute atomic E-state index is 0.252. The summed E-state index contributed by atoms with van der Waals surface area (Å²) in [4.78, 5) is 2.38. The molecule has 0 bridgehead atoms. The zero-order chi connectivity index (χ0) is 15.0. The molecule has 1 rings (SSSR count). The first-order chi connectivity index (χ1) is 9.65. The van der Waals surface area contributed by atoms with Crippen LogP contribution in [-0.4, -0.2) is 52.4 Å². The van der Waals surface area contributed by atoms with Crippen LogP contribution < -0.4 is 10.1 Å². The van der Waals surface area contributed by atoms with Crippen LogP contribution in [0.4, 0.5) is 0 Å². The molecule has 0 aromatic heterocycles. The van der Waals surface area contributed by atoms with Crippen molar-refractivity contribution in [2.24, 2.45) is 0 Å². The normalized spacial score (nSPS) is 12.7. The third-order valence-corrected chi connectivity index (χ3v) is 3.61. The van der Waals surface area contributed by atoms with Gasteiger partial charge in [0.15, 0.2) is 0 Å². The van der Waals surface area contributed by atoms with Gasteiger partial charge in [0.1, 0.15) is 5.75 Å². The molecule has 0 radical (unpaired) electrons. The molecule has 0 spiro atoms. The highest BCUT2D eigenvalue weighted by Crippen LogP contribution is 2.26. The summed E-state index contributed by atoms with van der Waals surface area (Å²) in [6.45, 7) is 7.94.